The van der Waals surface area contributed by atoms with E-state index < -0.39 is 29.5 Å². The maximum absolute atomic E-state index is 12.0. The summed E-state index contributed by atoms with van der Waals surface area (Å²) >= 11 is 0. The van der Waals surface area contributed by atoms with Crippen molar-refractivity contribution in [2.45, 2.75) is 24.7 Å². The van der Waals surface area contributed by atoms with E-state index in [2.05, 4.69) is 10.1 Å². The van der Waals surface area contributed by atoms with Crippen molar-refractivity contribution in [2.75, 3.05) is 0 Å². The van der Waals surface area contributed by atoms with E-state index in [0.29, 0.717) is 12.8 Å². The summed E-state index contributed by atoms with van der Waals surface area (Å²) in [4.78, 5) is 22.7. The lowest BCUT2D eigenvalue weighted by Gasteiger charge is -2.13. The summed E-state index contributed by atoms with van der Waals surface area (Å²) < 4.78 is 39.5. The zero-order valence-corrected chi connectivity index (χ0v) is 10.0. The van der Waals surface area contributed by atoms with Crippen LogP contribution in [0.3, 0.4) is 0 Å². The molecule has 0 saturated heterocycles. The summed E-state index contributed by atoms with van der Waals surface area (Å²) in [5, 5.41) is 11.3. The highest BCUT2D eigenvalue weighted by Gasteiger charge is 2.51. The Kier molecular flexibility index (Phi) is 3.33. The van der Waals surface area contributed by atoms with E-state index in [1.54, 1.807) is 0 Å². The van der Waals surface area contributed by atoms with Crippen molar-refractivity contribution in [1.29, 1.82) is 0 Å². The van der Waals surface area contributed by atoms with E-state index in [4.69, 9.17) is 5.11 Å². The molecule has 0 radical (unpaired) electrons. The third-order valence-corrected chi connectivity index (χ3v) is 2.86. The molecule has 1 amide bonds. The maximum atomic E-state index is 12.0. The van der Waals surface area contributed by atoms with Crippen LogP contribution in [0.5, 0.6) is 5.75 Å². The van der Waals surface area contributed by atoms with Crippen molar-refractivity contribution in [2.24, 2.45) is 0 Å². The van der Waals surface area contributed by atoms with Gasteiger partial charge in [-0.3, -0.25) is 4.79 Å². The minimum absolute atomic E-state index is 0.0621. The summed E-state index contributed by atoms with van der Waals surface area (Å²) in [5.74, 6) is -2.22. The van der Waals surface area contributed by atoms with Gasteiger partial charge in [0.15, 0.2) is 0 Å². The van der Waals surface area contributed by atoms with Crippen LogP contribution in [0, 0.1) is 0 Å². The lowest BCUT2D eigenvalue weighted by atomic mass is 10.2. The molecule has 0 unspecified atom stereocenters. The number of hydrogen-bond donors (Lipinski definition) is 2. The molecule has 1 aliphatic rings. The van der Waals surface area contributed by atoms with E-state index in [9.17, 15) is 22.8 Å². The molecule has 0 spiro atoms. The van der Waals surface area contributed by atoms with Crippen LogP contribution in [-0.2, 0) is 4.79 Å². The quantitative estimate of drug-likeness (QED) is 0.888. The predicted molar refractivity (Wildman–Crippen MR) is 60.2 cm³/mol. The first kappa shape index (κ1) is 14.2. The number of aliphatic carboxylic acids is 1. The van der Waals surface area contributed by atoms with Gasteiger partial charge in [0.25, 0.3) is 5.91 Å². The molecule has 20 heavy (non-hydrogen) atoms. The van der Waals surface area contributed by atoms with Gasteiger partial charge in [-0.15, -0.1) is 13.2 Å². The fourth-order valence-corrected chi connectivity index (χ4v) is 1.61. The molecule has 0 atom stereocenters. The number of nitrogens with one attached hydrogen (secondary N) is 1. The Hall–Kier alpha value is -2.25. The topological polar surface area (TPSA) is 75.6 Å². The van der Waals surface area contributed by atoms with Crippen LogP contribution < -0.4 is 10.1 Å². The second kappa shape index (κ2) is 4.69. The number of amides is 1. The standard InChI is InChI=1S/C12H10F3NO4/c13-12(14,15)20-8-3-1-7(2-4-8)9(17)16-11(5-6-11)10(18)19/h1-4H,5-6H2,(H,16,17)(H,18,19). The first-order valence-corrected chi connectivity index (χ1v) is 5.64. The van der Waals surface area contributed by atoms with Gasteiger partial charge in [0, 0.05) is 5.56 Å². The lowest BCUT2D eigenvalue weighted by Crippen LogP contribution is -2.43. The molecule has 1 aromatic rings. The Bertz CT molecular complexity index is 535. The highest BCUT2D eigenvalue weighted by Crippen LogP contribution is 2.35. The van der Waals surface area contributed by atoms with Crippen LogP contribution in [-0.4, -0.2) is 28.9 Å². The van der Waals surface area contributed by atoms with Gasteiger partial charge in [0.05, 0.1) is 0 Å². The Balaban J connectivity index is 2.03. The van der Waals surface area contributed by atoms with Crippen LogP contribution in [0.4, 0.5) is 13.2 Å². The van der Waals surface area contributed by atoms with Gasteiger partial charge in [-0.1, -0.05) is 0 Å². The van der Waals surface area contributed by atoms with Crippen molar-refractivity contribution >= 4 is 11.9 Å². The third-order valence-electron chi connectivity index (χ3n) is 2.86. The van der Waals surface area contributed by atoms with E-state index in [0.717, 1.165) is 24.3 Å². The summed E-state index contributed by atoms with van der Waals surface area (Å²) in [6.07, 6.45) is -4.13. The second-order valence-corrected chi connectivity index (χ2v) is 4.41. The van der Waals surface area contributed by atoms with Gasteiger partial charge in [-0.2, -0.15) is 0 Å². The van der Waals surface area contributed by atoms with Crippen molar-refractivity contribution in [1.82, 2.24) is 5.32 Å². The van der Waals surface area contributed by atoms with Crippen molar-refractivity contribution in [3.63, 3.8) is 0 Å². The van der Waals surface area contributed by atoms with Crippen LogP contribution in [0.2, 0.25) is 0 Å². The molecule has 108 valence electrons. The minimum atomic E-state index is -4.80. The lowest BCUT2D eigenvalue weighted by molar-refractivity contribution is -0.274. The number of halogens is 3. The number of carboxylic acid groups (broad SMARTS) is 1. The fourth-order valence-electron chi connectivity index (χ4n) is 1.61. The zero-order chi connectivity index (χ0) is 15.0. The molecule has 0 heterocycles. The van der Waals surface area contributed by atoms with Gasteiger partial charge >= 0.3 is 12.3 Å². The molecule has 1 saturated carbocycles. The summed E-state index contributed by atoms with van der Waals surface area (Å²) in [6, 6.07) is 4.24. The molecule has 8 heteroatoms. The SMILES string of the molecule is O=C(NC1(C(=O)O)CC1)c1ccc(OC(F)(F)F)cc1. The van der Waals surface area contributed by atoms with E-state index in [1.165, 1.54) is 0 Å². The number of ether oxygens (including phenoxy) is 1. The Morgan fingerprint density at radius 3 is 2.15 bits per heavy atom. The molecule has 0 bridgehead atoms. The molecule has 0 aliphatic heterocycles. The normalized spacial score (nSPS) is 16.4. The summed E-state index contributed by atoms with van der Waals surface area (Å²) in [5.41, 5.74) is -1.18. The van der Waals surface area contributed by atoms with Gasteiger partial charge in [-0.05, 0) is 37.1 Å². The van der Waals surface area contributed by atoms with Crippen molar-refractivity contribution in [3.8, 4) is 5.75 Å². The van der Waals surface area contributed by atoms with Gasteiger partial charge in [-0.25, -0.2) is 4.79 Å². The van der Waals surface area contributed by atoms with Crippen LogP contribution in [0.25, 0.3) is 0 Å². The Labute approximate surface area is 111 Å². The molecule has 5 nitrogen and oxygen atoms in total. The monoisotopic (exact) mass is 289 g/mol. The minimum Gasteiger partial charge on any atom is -0.480 e. The third kappa shape index (κ3) is 3.19. The summed E-state index contributed by atoms with van der Waals surface area (Å²) in [6.45, 7) is 0. The molecule has 0 aromatic heterocycles. The zero-order valence-electron chi connectivity index (χ0n) is 10.0. The molecule has 1 aliphatic carbocycles. The van der Waals surface area contributed by atoms with Gasteiger partial charge < -0.3 is 15.2 Å². The predicted octanol–water partition coefficient (Wildman–Crippen LogP) is 1.93. The number of alkyl halides is 3. The molecular weight excluding hydrogens is 279 g/mol. The van der Waals surface area contributed by atoms with E-state index in [-0.39, 0.29) is 5.56 Å². The first-order valence-electron chi connectivity index (χ1n) is 5.64. The van der Waals surface area contributed by atoms with E-state index in [1.807, 2.05) is 0 Å². The van der Waals surface area contributed by atoms with Crippen molar-refractivity contribution in [3.05, 3.63) is 29.8 Å². The molecule has 1 fully saturated rings. The smallest absolute Gasteiger partial charge is 0.480 e. The molecule has 2 rings (SSSR count). The number of carbonyl (C=O) groups is 2. The Morgan fingerprint density at radius 1 is 1.20 bits per heavy atom. The largest absolute Gasteiger partial charge is 0.573 e. The van der Waals surface area contributed by atoms with Crippen LogP contribution in [0.1, 0.15) is 23.2 Å². The number of hydrogen-bond acceptors (Lipinski definition) is 3. The maximum Gasteiger partial charge on any atom is 0.573 e. The second-order valence-electron chi connectivity index (χ2n) is 4.41. The number of carbonyl (C=O) groups excluding carboxylic acids is 1. The first-order chi connectivity index (χ1) is 9.22. The van der Waals surface area contributed by atoms with Crippen LogP contribution in [0.15, 0.2) is 24.3 Å². The fraction of sp³-hybridized carbons (Fsp3) is 0.333. The number of carboxylic acids is 1. The van der Waals surface area contributed by atoms with Crippen molar-refractivity contribution < 1.29 is 32.6 Å². The highest BCUT2D eigenvalue weighted by molar-refractivity contribution is 5.98. The van der Waals surface area contributed by atoms with Gasteiger partial charge in [0.2, 0.25) is 0 Å². The summed E-state index contributed by atoms with van der Waals surface area (Å²) in [7, 11) is 0. The van der Waals surface area contributed by atoms with Crippen LogP contribution >= 0.6 is 0 Å². The molecule has 2 N–H and O–H groups in total. The number of rotatable bonds is 4. The van der Waals surface area contributed by atoms with E-state index >= 15 is 0 Å². The number of benzene rings is 1. The average molecular weight is 289 g/mol. The molecular formula is C12H10F3NO4. The molecule has 1 aromatic carbocycles. The highest BCUT2D eigenvalue weighted by atomic mass is 19.4. The Morgan fingerprint density at radius 2 is 1.75 bits per heavy atom. The van der Waals surface area contributed by atoms with Gasteiger partial charge in [0.1, 0.15) is 11.3 Å². The average Bonchev–Trinajstić information content (AvgIpc) is 3.08.